The van der Waals surface area contributed by atoms with Crippen LogP contribution in [0.3, 0.4) is 0 Å². The lowest BCUT2D eigenvalue weighted by atomic mass is 10.1. The zero-order valence-electron chi connectivity index (χ0n) is 9.85. The van der Waals surface area contributed by atoms with E-state index in [1.807, 2.05) is 0 Å². The van der Waals surface area contributed by atoms with Crippen LogP contribution in [0.4, 0.5) is 4.39 Å². The molecule has 1 heterocycles. The van der Waals surface area contributed by atoms with E-state index in [0.717, 1.165) is 0 Å². The fourth-order valence-corrected chi connectivity index (χ4v) is 1.84. The van der Waals surface area contributed by atoms with E-state index in [2.05, 4.69) is 20.9 Å². The molecule has 0 saturated carbocycles. The number of benzene rings is 1. The molecule has 0 aliphatic carbocycles. The summed E-state index contributed by atoms with van der Waals surface area (Å²) in [4.78, 5) is 14.8. The second-order valence-electron chi connectivity index (χ2n) is 3.78. The van der Waals surface area contributed by atoms with E-state index >= 15 is 0 Å². The van der Waals surface area contributed by atoms with Crippen LogP contribution >= 0.6 is 15.9 Å². The summed E-state index contributed by atoms with van der Waals surface area (Å²) in [7, 11) is 0. The van der Waals surface area contributed by atoms with Crippen LogP contribution in [-0.2, 0) is 0 Å². The minimum absolute atomic E-state index is 0.106. The highest BCUT2D eigenvalue weighted by molar-refractivity contribution is 9.10. The number of carbonyl (C=O) groups is 1. The Labute approximate surface area is 117 Å². The molecule has 2 aromatic rings. The van der Waals surface area contributed by atoms with Gasteiger partial charge in [0.2, 0.25) is 0 Å². The number of aromatic nitrogens is 1. The van der Waals surface area contributed by atoms with Crippen molar-refractivity contribution in [3.8, 4) is 11.6 Å². The molecule has 1 aromatic carbocycles. The summed E-state index contributed by atoms with van der Waals surface area (Å²) in [5.41, 5.74) is 0.522. The maximum atomic E-state index is 13.6. The molecule has 0 radical (unpaired) electrons. The van der Waals surface area contributed by atoms with Crippen molar-refractivity contribution >= 4 is 21.9 Å². The van der Waals surface area contributed by atoms with E-state index in [9.17, 15) is 9.18 Å². The van der Waals surface area contributed by atoms with Crippen molar-refractivity contribution in [3.05, 3.63) is 51.9 Å². The zero-order chi connectivity index (χ0) is 14.0. The smallest absolute Gasteiger partial charge is 0.336 e. The average molecular weight is 326 g/mol. The molecule has 0 spiro atoms. The Morgan fingerprint density at radius 3 is 2.84 bits per heavy atom. The third-order valence-electron chi connectivity index (χ3n) is 2.50. The highest BCUT2D eigenvalue weighted by Crippen LogP contribution is 2.28. The highest BCUT2D eigenvalue weighted by atomic mass is 79.9. The molecule has 0 aliphatic rings. The van der Waals surface area contributed by atoms with Crippen LogP contribution in [0.15, 0.2) is 34.9 Å². The summed E-state index contributed by atoms with van der Waals surface area (Å²) in [6.07, 6.45) is 1.40. The molecule has 0 saturated heterocycles. The maximum Gasteiger partial charge on any atom is 0.336 e. The molecule has 1 N–H and O–H groups in total. The molecule has 0 aliphatic heterocycles. The maximum absolute atomic E-state index is 13.6. The van der Waals surface area contributed by atoms with Crippen LogP contribution in [-0.4, -0.2) is 16.1 Å². The van der Waals surface area contributed by atoms with Gasteiger partial charge in [-0.25, -0.2) is 14.2 Å². The number of aromatic carboxylic acids is 1. The molecule has 0 fully saturated rings. The van der Waals surface area contributed by atoms with E-state index in [-0.39, 0.29) is 17.2 Å². The van der Waals surface area contributed by atoms with E-state index in [1.54, 1.807) is 13.0 Å². The topological polar surface area (TPSA) is 59.4 Å². The number of carboxylic acids is 1. The molecule has 0 bridgehead atoms. The fraction of sp³-hybridized carbons (Fsp3) is 0.0769. The molecule has 0 atom stereocenters. The number of hydrogen-bond acceptors (Lipinski definition) is 3. The van der Waals surface area contributed by atoms with Crippen molar-refractivity contribution < 1.29 is 19.0 Å². The molecular formula is C13H9BrFNO3. The first-order chi connectivity index (χ1) is 8.99. The molecule has 98 valence electrons. The van der Waals surface area contributed by atoms with Gasteiger partial charge in [0.05, 0.1) is 5.56 Å². The van der Waals surface area contributed by atoms with Crippen molar-refractivity contribution in [1.82, 2.24) is 4.98 Å². The van der Waals surface area contributed by atoms with Crippen molar-refractivity contribution in [2.45, 2.75) is 6.92 Å². The van der Waals surface area contributed by atoms with Gasteiger partial charge >= 0.3 is 5.97 Å². The van der Waals surface area contributed by atoms with Crippen LogP contribution in [0, 0.1) is 12.7 Å². The first-order valence-electron chi connectivity index (χ1n) is 5.31. The Bertz CT molecular complexity index is 646. The van der Waals surface area contributed by atoms with Gasteiger partial charge < -0.3 is 9.84 Å². The van der Waals surface area contributed by atoms with Crippen LogP contribution in [0.2, 0.25) is 0 Å². The largest absolute Gasteiger partial charge is 0.478 e. The fourth-order valence-electron chi connectivity index (χ4n) is 1.54. The lowest BCUT2D eigenvalue weighted by Crippen LogP contribution is -2.01. The van der Waals surface area contributed by atoms with Gasteiger partial charge in [0.15, 0.2) is 5.82 Å². The molecule has 2 rings (SSSR count). The number of halogens is 2. The lowest BCUT2D eigenvalue weighted by Gasteiger charge is -2.10. The van der Waals surface area contributed by atoms with Crippen LogP contribution in [0.5, 0.6) is 11.6 Å². The van der Waals surface area contributed by atoms with Gasteiger partial charge in [0.1, 0.15) is 5.75 Å². The lowest BCUT2D eigenvalue weighted by molar-refractivity contribution is 0.0695. The van der Waals surface area contributed by atoms with Gasteiger partial charge in [-0.05, 0) is 41.1 Å². The SMILES string of the molecule is Cc1c(Oc2ncc(Br)cc2F)cccc1C(=O)O. The Kier molecular flexibility index (Phi) is 3.80. The third kappa shape index (κ3) is 2.90. The second-order valence-corrected chi connectivity index (χ2v) is 4.69. The Morgan fingerprint density at radius 2 is 2.21 bits per heavy atom. The van der Waals surface area contributed by atoms with Crippen molar-refractivity contribution in [2.75, 3.05) is 0 Å². The van der Waals surface area contributed by atoms with Gasteiger partial charge in [0.25, 0.3) is 5.88 Å². The van der Waals surface area contributed by atoms with Gasteiger partial charge in [-0.2, -0.15) is 0 Å². The summed E-state index contributed by atoms with van der Waals surface area (Å²) >= 11 is 3.09. The van der Waals surface area contributed by atoms with Crippen LogP contribution < -0.4 is 4.74 Å². The van der Waals surface area contributed by atoms with Crippen molar-refractivity contribution in [1.29, 1.82) is 0 Å². The molecule has 0 unspecified atom stereocenters. The van der Waals surface area contributed by atoms with Gasteiger partial charge in [-0.15, -0.1) is 0 Å². The Hall–Kier alpha value is -1.95. The number of ether oxygens (including phenoxy) is 1. The van der Waals surface area contributed by atoms with E-state index < -0.39 is 11.8 Å². The minimum atomic E-state index is -1.06. The van der Waals surface area contributed by atoms with Crippen molar-refractivity contribution in [3.63, 3.8) is 0 Å². The molecule has 1 aromatic heterocycles. The van der Waals surface area contributed by atoms with E-state index in [1.165, 1.54) is 24.4 Å². The number of rotatable bonds is 3. The monoisotopic (exact) mass is 325 g/mol. The summed E-state index contributed by atoms with van der Waals surface area (Å²) in [5.74, 6) is -1.64. The standard InChI is InChI=1S/C13H9BrFNO3/c1-7-9(13(17)18)3-2-4-11(7)19-12-10(15)5-8(14)6-16-12/h2-6H,1H3,(H,17,18). The molecule has 0 amide bonds. The van der Waals surface area contributed by atoms with Crippen molar-refractivity contribution in [2.24, 2.45) is 0 Å². The first-order valence-corrected chi connectivity index (χ1v) is 6.10. The number of nitrogens with zero attached hydrogens (tertiary/aromatic N) is 1. The molecular weight excluding hydrogens is 317 g/mol. The van der Waals surface area contributed by atoms with Crippen LogP contribution in [0.1, 0.15) is 15.9 Å². The Balaban J connectivity index is 2.38. The normalized spacial score (nSPS) is 10.3. The molecule has 6 heteroatoms. The molecule has 4 nitrogen and oxygen atoms in total. The van der Waals surface area contributed by atoms with Gasteiger partial charge in [-0.1, -0.05) is 6.07 Å². The highest BCUT2D eigenvalue weighted by Gasteiger charge is 2.13. The number of hydrogen-bond donors (Lipinski definition) is 1. The minimum Gasteiger partial charge on any atom is -0.478 e. The quantitative estimate of drug-likeness (QED) is 0.932. The number of carboxylic acid groups (broad SMARTS) is 1. The van der Waals surface area contributed by atoms with E-state index in [4.69, 9.17) is 9.84 Å². The summed E-state index contributed by atoms with van der Waals surface area (Å²) in [6.45, 7) is 1.59. The summed E-state index contributed by atoms with van der Waals surface area (Å²) < 4.78 is 19.4. The predicted octanol–water partition coefficient (Wildman–Crippen LogP) is 3.78. The van der Waals surface area contributed by atoms with Gasteiger partial charge in [-0.3, -0.25) is 0 Å². The second kappa shape index (κ2) is 5.36. The van der Waals surface area contributed by atoms with Gasteiger partial charge in [0, 0.05) is 16.2 Å². The summed E-state index contributed by atoms with van der Waals surface area (Å²) in [5, 5.41) is 9.00. The first kappa shape index (κ1) is 13.5. The third-order valence-corrected chi connectivity index (χ3v) is 2.93. The van der Waals surface area contributed by atoms with E-state index in [0.29, 0.717) is 10.0 Å². The Morgan fingerprint density at radius 1 is 1.47 bits per heavy atom. The van der Waals surface area contributed by atoms with Crippen LogP contribution in [0.25, 0.3) is 0 Å². The number of pyridine rings is 1. The zero-order valence-corrected chi connectivity index (χ0v) is 11.4. The predicted molar refractivity (Wildman–Crippen MR) is 70.1 cm³/mol. The molecule has 19 heavy (non-hydrogen) atoms. The summed E-state index contributed by atoms with van der Waals surface area (Å²) in [6, 6.07) is 5.77. The average Bonchev–Trinajstić information content (AvgIpc) is 2.34.